The van der Waals surface area contributed by atoms with Gasteiger partial charge in [0, 0.05) is 16.1 Å². The summed E-state index contributed by atoms with van der Waals surface area (Å²) in [6, 6.07) is 10.5. The van der Waals surface area contributed by atoms with Crippen LogP contribution in [0, 0.1) is 0 Å². The van der Waals surface area contributed by atoms with Crippen molar-refractivity contribution in [2.45, 2.75) is 51.1 Å². The lowest BCUT2D eigenvalue weighted by molar-refractivity contribution is 0.420. The number of halogens is 3. The Bertz CT molecular complexity index is 621. The van der Waals surface area contributed by atoms with Gasteiger partial charge in [0.2, 0.25) is 0 Å². The van der Waals surface area contributed by atoms with E-state index in [1.807, 2.05) is 30.3 Å². The van der Waals surface area contributed by atoms with Gasteiger partial charge in [-0.3, -0.25) is 0 Å². The second-order valence-corrected chi connectivity index (χ2v) is 7.28. The SMILES string of the molecule is Cl.Clc1cc(Br)ccc1-c1ccc(CNC2CCCCCC2)o1. The third kappa shape index (κ3) is 5.25. The molecule has 2 aromatic rings. The van der Waals surface area contributed by atoms with Gasteiger partial charge in [-0.2, -0.15) is 0 Å². The lowest BCUT2D eigenvalue weighted by Gasteiger charge is -2.14. The van der Waals surface area contributed by atoms with Crippen molar-refractivity contribution in [3.63, 3.8) is 0 Å². The Labute approximate surface area is 157 Å². The van der Waals surface area contributed by atoms with Gasteiger partial charge in [-0.15, -0.1) is 12.4 Å². The maximum Gasteiger partial charge on any atom is 0.135 e. The quantitative estimate of drug-likeness (QED) is 0.566. The number of benzene rings is 1. The lowest BCUT2D eigenvalue weighted by Crippen LogP contribution is -2.27. The molecule has 1 aromatic heterocycles. The van der Waals surface area contributed by atoms with Crippen molar-refractivity contribution in [2.24, 2.45) is 0 Å². The van der Waals surface area contributed by atoms with Gasteiger partial charge in [0.1, 0.15) is 11.5 Å². The molecule has 1 aliphatic carbocycles. The predicted octanol–water partition coefficient (Wildman–Crippen LogP) is 6.60. The largest absolute Gasteiger partial charge is 0.460 e. The number of rotatable bonds is 4. The van der Waals surface area contributed by atoms with E-state index in [-0.39, 0.29) is 12.4 Å². The summed E-state index contributed by atoms with van der Waals surface area (Å²) in [4.78, 5) is 0. The van der Waals surface area contributed by atoms with Crippen molar-refractivity contribution < 1.29 is 4.42 Å². The van der Waals surface area contributed by atoms with E-state index < -0.39 is 0 Å². The van der Waals surface area contributed by atoms with Crippen LogP contribution in [0.25, 0.3) is 11.3 Å². The first-order valence-electron chi connectivity index (χ1n) is 8.00. The molecule has 0 spiro atoms. The first-order chi connectivity index (χ1) is 10.7. The van der Waals surface area contributed by atoms with Gasteiger partial charge in [0.25, 0.3) is 0 Å². The summed E-state index contributed by atoms with van der Waals surface area (Å²) in [5, 5.41) is 4.33. The molecule has 0 saturated heterocycles. The average Bonchev–Trinajstić information content (AvgIpc) is 2.80. The molecular formula is C18H22BrCl2NO. The molecular weight excluding hydrogens is 397 g/mol. The highest BCUT2D eigenvalue weighted by molar-refractivity contribution is 9.10. The van der Waals surface area contributed by atoms with E-state index in [0.29, 0.717) is 11.1 Å². The summed E-state index contributed by atoms with van der Waals surface area (Å²) in [6.07, 6.45) is 8.01. The van der Waals surface area contributed by atoms with Crippen molar-refractivity contribution in [2.75, 3.05) is 0 Å². The van der Waals surface area contributed by atoms with E-state index in [0.717, 1.165) is 28.1 Å². The van der Waals surface area contributed by atoms with E-state index in [1.165, 1.54) is 38.5 Å². The highest BCUT2D eigenvalue weighted by Crippen LogP contribution is 2.31. The molecule has 1 aliphatic rings. The zero-order valence-electron chi connectivity index (χ0n) is 13.0. The Balaban J connectivity index is 0.00000192. The van der Waals surface area contributed by atoms with Crippen molar-refractivity contribution >= 4 is 39.9 Å². The lowest BCUT2D eigenvalue weighted by atomic mass is 10.1. The highest BCUT2D eigenvalue weighted by Gasteiger charge is 2.13. The fourth-order valence-electron chi connectivity index (χ4n) is 3.04. The second-order valence-electron chi connectivity index (χ2n) is 5.96. The van der Waals surface area contributed by atoms with Gasteiger partial charge in [-0.1, -0.05) is 53.2 Å². The zero-order chi connectivity index (χ0) is 15.4. The van der Waals surface area contributed by atoms with Crippen molar-refractivity contribution in [1.82, 2.24) is 5.32 Å². The van der Waals surface area contributed by atoms with Crippen LogP contribution in [0.3, 0.4) is 0 Å². The minimum Gasteiger partial charge on any atom is -0.460 e. The molecule has 0 bridgehead atoms. The maximum atomic E-state index is 6.28. The van der Waals surface area contributed by atoms with Gasteiger partial charge in [0.15, 0.2) is 0 Å². The first kappa shape index (κ1) is 18.9. The van der Waals surface area contributed by atoms with Gasteiger partial charge in [0.05, 0.1) is 11.6 Å². The van der Waals surface area contributed by atoms with Gasteiger partial charge in [-0.25, -0.2) is 0 Å². The van der Waals surface area contributed by atoms with Crippen LogP contribution in [0.2, 0.25) is 5.02 Å². The third-order valence-corrected chi connectivity index (χ3v) is 5.08. The maximum absolute atomic E-state index is 6.28. The molecule has 1 N–H and O–H groups in total. The van der Waals surface area contributed by atoms with Gasteiger partial charge >= 0.3 is 0 Å². The average molecular weight is 419 g/mol. The number of furan rings is 1. The van der Waals surface area contributed by atoms with E-state index in [1.54, 1.807) is 0 Å². The summed E-state index contributed by atoms with van der Waals surface area (Å²) in [6.45, 7) is 0.790. The molecule has 1 heterocycles. The van der Waals surface area contributed by atoms with Crippen LogP contribution < -0.4 is 5.32 Å². The van der Waals surface area contributed by atoms with Crippen molar-refractivity contribution in [3.8, 4) is 11.3 Å². The van der Waals surface area contributed by atoms with E-state index in [9.17, 15) is 0 Å². The first-order valence-corrected chi connectivity index (χ1v) is 9.17. The Hall–Kier alpha value is -0.480. The van der Waals surface area contributed by atoms with Crippen LogP contribution in [-0.2, 0) is 6.54 Å². The highest BCUT2D eigenvalue weighted by atomic mass is 79.9. The van der Waals surface area contributed by atoms with E-state index in [4.69, 9.17) is 16.0 Å². The van der Waals surface area contributed by atoms with Crippen molar-refractivity contribution in [3.05, 3.63) is 45.6 Å². The molecule has 1 aromatic carbocycles. The summed E-state index contributed by atoms with van der Waals surface area (Å²) in [5.74, 6) is 1.80. The molecule has 126 valence electrons. The molecule has 0 amide bonds. The van der Waals surface area contributed by atoms with Crippen LogP contribution >= 0.6 is 39.9 Å². The fourth-order valence-corrected chi connectivity index (χ4v) is 3.80. The van der Waals surface area contributed by atoms with Gasteiger partial charge in [-0.05, 0) is 43.2 Å². The molecule has 23 heavy (non-hydrogen) atoms. The molecule has 0 radical (unpaired) electrons. The predicted molar refractivity (Wildman–Crippen MR) is 102 cm³/mol. The zero-order valence-corrected chi connectivity index (χ0v) is 16.1. The fraction of sp³-hybridized carbons (Fsp3) is 0.444. The normalized spacial score (nSPS) is 15.9. The van der Waals surface area contributed by atoms with Crippen LogP contribution in [0.4, 0.5) is 0 Å². The summed E-state index contributed by atoms with van der Waals surface area (Å²) in [5.41, 5.74) is 0.936. The van der Waals surface area contributed by atoms with Crippen molar-refractivity contribution in [1.29, 1.82) is 0 Å². The summed E-state index contributed by atoms with van der Waals surface area (Å²) < 4.78 is 6.93. The molecule has 3 rings (SSSR count). The number of nitrogens with one attached hydrogen (secondary N) is 1. The minimum absolute atomic E-state index is 0. The molecule has 5 heteroatoms. The minimum atomic E-state index is 0. The number of hydrogen-bond donors (Lipinski definition) is 1. The standard InChI is InChI=1S/C18H21BrClNO.ClH/c19-13-7-9-16(17(20)11-13)18-10-8-15(22-18)12-21-14-5-3-1-2-4-6-14;/h7-11,14,21H,1-6,12H2;1H. The van der Waals surface area contributed by atoms with Crippen LogP contribution in [0.5, 0.6) is 0 Å². The summed E-state index contributed by atoms with van der Waals surface area (Å²) >= 11 is 9.71. The Kier molecular flexibility index (Phi) is 7.48. The molecule has 2 nitrogen and oxygen atoms in total. The topological polar surface area (TPSA) is 25.2 Å². The molecule has 0 atom stereocenters. The molecule has 0 unspecified atom stereocenters. The van der Waals surface area contributed by atoms with Crippen LogP contribution in [0.15, 0.2) is 39.2 Å². The number of hydrogen-bond acceptors (Lipinski definition) is 2. The Morgan fingerprint density at radius 1 is 1.09 bits per heavy atom. The van der Waals surface area contributed by atoms with Crippen LogP contribution in [0.1, 0.15) is 44.3 Å². The smallest absolute Gasteiger partial charge is 0.135 e. The second kappa shape index (κ2) is 9.12. The van der Waals surface area contributed by atoms with Gasteiger partial charge < -0.3 is 9.73 Å². The summed E-state index contributed by atoms with van der Waals surface area (Å²) in [7, 11) is 0. The molecule has 1 saturated carbocycles. The molecule has 1 fully saturated rings. The van der Waals surface area contributed by atoms with E-state index >= 15 is 0 Å². The Morgan fingerprint density at radius 2 is 1.83 bits per heavy atom. The third-order valence-electron chi connectivity index (χ3n) is 4.28. The van der Waals surface area contributed by atoms with Crippen LogP contribution in [-0.4, -0.2) is 6.04 Å². The molecule has 0 aliphatic heterocycles. The monoisotopic (exact) mass is 417 g/mol. The van der Waals surface area contributed by atoms with E-state index in [2.05, 4.69) is 21.2 Å². The Morgan fingerprint density at radius 3 is 2.52 bits per heavy atom.